The first-order valence-electron chi connectivity index (χ1n) is 5.86. The first kappa shape index (κ1) is 13.7. The minimum Gasteiger partial charge on any atom is -0.472 e. The van der Waals surface area contributed by atoms with Gasteiger partial charge in [-0.05, 0) is 42.8 Å². The molecule has 2 nitrogen and oxygen atoms in total. The number of nitrogens with one attached hydrogen (secondary N) is 1. The van der Waals surface area contributed by atoms with Crippen molar-refractivity contribution in [2.45, 2.75) is 18.6 Å². The van der Waals surface area contributed by atoms with Crippen LogP contribution in [-0.4, -0.2) is 7.05 Å². The molecule has 2 aromatic rings. The van der Waals surface area contributed by atoms with E-state index in [4.69, 9.17) is 4.42 Å². The topological polar surface area (TPSA) is 25.2 Å². The van der Waals surface area contributed by atoms with Crippen molar-refractivity contribution in [2.24, 2.45) is 0 Å². The number of likely N-dealkylation sites (N-methyl/N-ethyl adjacent to an activating group) is 1. The SMILES string of the molecule is CNC(Cc1ccoc1)c1ccc(C(F)(F)F)cc1. The molecule has 0 aliphatic heterocycles. The van der Waals surface area contributed by atoms with E-state index >= 15 is 0 Å². The third kappa shape index (κ3) is 3.38. The second kappa shape index (κ2) is 5.48. The Bertz CT molecular complexity index is 502. The van der Waals surface area contributed by atoms with Crippen LogP contribution >= 0.6 is 0 Å². The molecule has 0 aliphatic rings. The number of rotatable bonds is 4. The summed E-state index contributed by atoms with van der Waals surface area (Å²) in [6.45, 7) is 0. The summed E-state index contributed by atoms with van der Waals surface area (Å²) in [7, 11) is 1.78. The highest BCUT2D eigenvalue weighted by Gasteiger charge is 2.30. The molecule has 5 heteroatoms. The highest BCUT2D eigenvalue weighted by atomic mass is 19.4. The van der Waals surface area contributed by atoms with Gasteiger partial charge in [0.2, 0.25) is 0 Å². The molecule has 1 atom stereocenters. The lowest BCUT2D eigenvalue weighted by molar-refractivity contribution is -0.137. The van der Waals surface area contributed by atoms with E-state index in [2.05, 4.69) is 5.32 Å². The van der Waals surface area contributed by atoms with Gasteiger partial charge in [0.05, 0.1) is 18.1 Å². The van der Waals surface area contributed by atoms with Crippen LogP contribution in [0.15, 0.2) is 47.3 Å². The number of benzene rings is 1. The summed E-state index contributed by atoms with van der Waals surface area (Å²) < 4.78 is 42.4. The molecule has 0 spiro atoms. The van der Waals surface area contributed by atoms with E-state index in [-0.39, 0.29) is 6.04 Å². The Kier molecular flexibility index (Phi) is 3.95. The molecule has 0 saturated carbocycles. The Morgan fingerprint density at radius 2 is 1.84 bits per heavy atom. The summed E-state index contributed by atoms with van der Waals surface area (Å²) in [4.78, 5) is 0. The molecule has 19 heavy (non-hydrogen) atoms. The van der Waals surface area contributed by atoms with E-state index in [1.165, 1.54) is 12.1 Å². The maximum Gasteiger partial charge on any atom is 0.416 e. The van der Waals surface area contributed by atoms with E-state index in [0.29, 0.717) is 6.42 Å². The van der Waals surface area contributed by atoms with Gasteiger partial charge in [-0.3, -0.25) is 0 Å². The zero-order chi connectivity index (χ0) is 13.9. The van der Waals surface area contributed by atoms with E-state index in [0.717, 1.165) is 23.3 Å². The summed E-state index contributed by atoms with van der Waals surface area (Å²) in [5, 5.41) is 3.09. The third-order valence-electron chi connectivity index (χ3n) is 3.01. The molecule has 0 bridgehead atoms. The van der Waals surface area contributed by atoms with Crippen LogP contribution in [0.2, 0.25) is 0 Å². The van der Waals surface area contributed by atoms with Gasteiger partial charge in [0, 0.05) is 6.04 Å². The average Bonchev–Trinajstić information content (AvgIpc) is 2.88. The highest BCUT2D eigenvalue weighted by molar-refractivity contribution is 5.28. The van der Waals surface area contributed by atoms with Crippen LogP contribution in [0.3, 0.4) is 0 Å². The van der Waals surface area contributed by atoms with E-state index in [1.807, 2.05) is 6.07 Å². The van der Waals surface area contributed by atoms with Crippen molar-refractivity contribution in [1.29, 1.82) is 0 Å². The van der Waals surface area contributed by atoms with Crippen LogP contribution in [0.4, 0.5) is 13.2 Å². The summed E-state index contributed by atoms with van der Waals surface area (Å²) in [5.41, 5.74) is 1.19. The number of alkyl halides is 3. The Hall–Kier alpha value is -1.75. The number of hydrogen-bond acceptors (Lipinski definition) is 2. The van der Waals surface area contributed by atoms with Gasteiger partial charge in [-0.15, -0.1) is 0 Å². The van der Waals surface area contributed by atoms with E-state index in [1.54, 1.807) is 19.6 Å². The predicted octanol–water partition coefficient (Wildman–Crippen LogP) is 3.80. The molecule has 1 unspecified atom stereocenters. The molecular weight excluding hydrogens is 255 g/mol. The Morgan fingerprint density at radius 3 is 2.32 bits per heavy atom. The highest BCUT2D eigenvalue weighted by Crippen LogP contribution is 2.30. The van der Waals surface area contributed by atoms with Gasteiger partial charge in [-0.1, -0.05) is 12.1 Å². The molecule has 102 valence electrons. The summed E-state index contributed by atoms with van der Waals surface area (Å²) in [5.74, 6) is 0. The summed E-state index contributed by atoms with van der Waals surface area (Å²) in [6.07, 6.45) is -0.417. The molecule has 0 amide bonds. The van der Waals surface area contributed by atoms with Crippen LogP contribution in [0.1, 0.15) is 22.7 Å². The molecule has 0 radical (unpaired) electrons. The summed E-state index contributed by atoms with van der Waals surface area (Å²) >= 11 is 0. The fraction of sp³-hybridized carbons (Fsp3) is 0.286. The summed E-state index contributed by atoms with van der Waals surface area (Å²) in [6, 6.07) is 7.02. The fourth-order valence-electron chi connectivity index (χ4n) is 1.94. The number of furan rings is 1. The van der Waals surface area contributed by atoms with Crippen LogP contribution < -0.4 is 5.32 Å². The molecule has 0 saturated heterocycles. The second-order valence-corrected chi connectivity index (χ2v) is 4.30. The molecule has 1 heterocycles. The van der Waals surface area contributed by atoms with Gasteiger partial charge >= 0.3 is 6.18 Å². The second-order valence-electron chi connectivity index (χ2n) is 4.30. The van der Waals surface area contributed by atoms with Crippen molar-refractivity contribution >= 4 is 0 Å². The van der Waals surface area contributed by atoms with Crippen LogP contribution in [0.5, 0.6) is 0 Å². The third-order valence-corrected chi connectivity index (χ3v) is 3.01. The number of halogens is 3. The van der Waals surface area contributed by atoms with Gasteiger partial charge in [0.1, 0.15) is 0 Å². The van der Waals surface area contributed by atoms with E-state index < -0.39 is 11.7 Å². The largest absolute Gasteiger partial charge is 0.472 e. The van der Waals surface area contributed by atoms with Crippen LogP contribution in [0, 0.1) is 0 Å². The van der Waals surface area contributed by atoms with Crippen molar-refractivity contribution in [3.05, 3.63) is 59.5 Å². The molecule has 1 aromatic heterocycles. The lowest BCUT2D eigenvalue weighted by Gasteiger charge is -2.16. The number of hydrogen-bond donors (Lipinski definition) is 1. The fourth-order valence-corrected chi connectivity index (χ4v) is 1.94. The molecule has 0 fully saturated rings. The Balaban J connectivity index is 2.15. The van der Waals surface area contributed by atoms with Gasteiger partial charge in [-0.2, -0.15) is 13.2 Å². The van der Waals surface area contributed by atoms with Gasteiger partial charge in [-0.25, -0.2) is 0 Å². The Morgan fingerprint density at radius 1 is 1.16 bits per heavy atom. The van der Waals surface area contributed by atoms with Crippen molar-refractivity contribution in [2.75, 3.05) is 7.05 Å². The van der Waals surface area contributed by atoms with Crippen molar-refractivity contribution < 1.29 is 17.6 Å². The molecule has 1 N–H and O–H groups in total. The normalized spacial score (nSPS) is 13.5. The van der Waals surface area contributed by atoms with Crippen molar-refractivity contribution in [1.82, 2.24) is 5.32 Å². The van der Waals surface area contributed by atoms with Gasteiger partial charge in [0.15, 0.2) is 0 Å². The molecule has 0 aliphatic carbocycles. The van der Waals surface area contributed by atoms with Crippen LogP contribution in [0.25, 0.3) is 0 Å². The maximum absolute atomic E-state index is 12.5. The van der Waals surface area contributed by atoms with Crippen LogP contribution in [-0.2, 0) is 12.6 Å². The smallest absolute Gasteiger partial charge is 0.416 e. The monoisotopic (exact) mass is 269 g/mol. The lowest BCUT2D eigenvalue weighted by atomic mass is 9.99. The minimum absolute atomic E-state index is 0.0418. The quantitative estimate of drug-likeness (QED) is 0.913. The predicted molar refractivity (Wildman–Crippen MR) is 65.7 cm³/mol. The zero-order valence-electron chi connectivity index (χ0n) is 10.4. The molecule has 2 rings (SSSR count). The molecule has 1 aromatic carbocycles. The first-order valence-corrected chi connectivity index (χ1v) is 5.86. The standard InChI is InChI=1S/C14H14F3NO/c1-18-13(8-10-6-7-19-9-10)11-2-4-12(5-3-11)14(15,16)17/h2-7,9,13,18H,8H2,1H3. The molecular formula is C14H14F3NO. The van der Waals surface area contributed by atoms with Gasteiger partial charge in [0.25, 0.3) is 0 Å². The lowest BCUT2D eigenvalue weighted by Crippen LogP contribution is -2.18. The zero-order valence-corrected chi connectivity index (χ0v) is 10.4. The average molecular weight is 269 g/mol. The Labute approximate surface area is 109 Å². The first-order chi connectivity index (χ1) is 9.00. The van der Waals surface area contributed by atoms with Crippen molar-refractivity contribution in [3.63, 3.8) is 0 Å². The van der Waals surface area contributed by atoms with Gasteiger partial charge < -0.3 is 9.73 Å². The minimum atomic E-state index is -4.29. The van der Waals surface area contributed by atoms with Crippen molar-refractivity contribution in [3.8, 4) is 0 Å². The maximum atomic E-state index is 12.5. The van der Waals surface area contributed by atoms with E-state index in [9.17, 15) is 13.2 Å².